The molecule has 1 spiro atoms. The molecule has 0 amide bonds. The summed E-state index contributed by atoms with van der Waals surface area (Å²) in [6, 6.07) is 0. The molecule has 1 aliphatic carbocycles. The summed E-state index contributed by atoms with van der Waals surface area (Å²) in [6.45, 7) is 22.4. The molecule has 0 aromatic heterocycles. The zero-order valence-corrected chi connectivity index (χ0v) is 23.4. The zero-order chi connectivity index (χ0) is 25.1. The van der Waals surface area contributed by atoms with E-state index < -0.39 is 31.6 Å². The third-order valence-electron chi connectivity index (χ3n) is 8.85. The second kappa shape index (κ2) is 8.52. The molecule has 2 heterocycles. The maximum absolute atomic E-state index is 12.4. The van der Waals surface area contributed by atoms with Gasteiger partial charge in [0, 0.05) is 12.3 Å². The predicted molar refractivity (Wildman–Crippen MR) is 131 cm³/mol. The highest BCUT2D eigenvalue weighted by molar-refractivity contribution is 6.74. The lowest BCUT2D eigenvalue weighted by Gasteiger charge is -2.54. The number of rotatable bonds is 5. The van der Waals surface area contributed by atoms with Crippen molar-refractivity contribution >= 4 is 14.1 Å². The fourth-order valence-corrected chi connectivity index (χ4v) is 6.75. The van der Waals surface area contributed by atoms with Crippen molar-refractivity contribution in [1.82, 2.24) is 0 Å². The summed E-state index contributed by atoms with van der Waals surface area (Å²) in [7, 11) is -2.28. The third kappa shape index (κ3) is 5.05. The average Bonchev–Trinajstić information content (AvgIpc) is 3.14. The van der Waals surface area contributed by atoms with Crippen molar-refractivity contribution < 1.29 is 28.5 Å². The number of hydrogen-bond acceptors (Lipinski definition) is 6. The first-order valence-electron chi connectivity index (χ1n) is 12.5. The zero-order valence-electron chi connectivity index (χ0n) is 22.4. The molecule has 2 unspecified atom stereocenters. The molecular formula is C26H46O6Si. The molecule has 1 N–H and O–H groups in total. The van der Waals surface area contributed by atoms with E-state index in [0.717, 1.165) is 12.8 Å². The molecule has 2 fully saturated rings. The highest BCUT2D eigenvalue weighted by atomic mass is 28.4. The fraction of sp³-hybridized carbons (Fsp3) is 0.885. The molecule has 3 rings (SSSR count). The van der Waals surface area contributed by atoms with E-state index in [2.05, 4.69) is 54.6 Å². The van der Waals surface area contributed by atoms with E-state index in [-0.39, 0.29) is 28.1 Å². The largest absolute Gasteiger partial charge is 0.408 e. The number of carbonyl (C=O) groups excluding carboxylic acids is 1. The summed E-state index contributed by atoms with van der Waals surface area (Å²) in [6.07, 6.45) is 4.75. The molecule has 0 radical (unpaired) electrons. The van der Waals surface area contributed by atoms with Crippen molar-refractivity contribution in [3.8, 4) is 0 Å². The third-order valence-corrected chi connectivity index (χ3v) is 13.3. The molecule has 33 heavy (non-hydrogen) atoms. The van der Waals surface area contributed by atoms with Crippen LogP contribution in [0.4, 0.5) is 0 Å². The first-order valence-corrected chi connectivity index (χ1v) is 15.4. The van der Waals surface area contributed by atoms with Gasteiger partial charge in [-0.2, -0.15) is 0 Å². The first kappa shape index (κ1) is 27.0. The predicted octanol–water partition coefficient (Wildman–Crippen LogP) is 5.21. The lowest BCUT2D eigenvalue weighted by Crippen LogP contribution is -2.60. The van der Waals surface area contributed by atoms with Gasteiger partial charge in [0.25, 0.3) is 0 Å². The molecule has 0 aromatic rings. The molecule has 1 saturated carbocycles. The minimum Gasteiger partial charge on any atom is -0.408 e. The molecule has 6 nitrogen and oxygen atoms in total. The summed E-state index contributed by atoms with van der Waals surface area (Å²) in [5, 5.41) is 11.8. The molecule has 1 saturated heterocycles. The quantitative estimate of drug-likeness (QED) is 0.543. The van der Waals surface area contributed by atoms with Crippen molar-refractivity contribution in [3.63, 3.8) is 0 Å². The normalized spacial score (nSPS) is 34.6. The van der Waals surface area contributed by atoms with Gasteiger partial charge >= 0.3 is 0 Å². The Morgan fingerprint density at radius 3 is 2.24 bits per heavy atom. The van der Waals surface area contributed by atoms with E-state index in [1.807, 2.05) is 0 Å². The van der Waals surface area contributed by atoms with Gasteiger partial charge in [-0.1, -0.05) is 41.5 Å². The summed E-state index contributed by atoms with van der Waals surface area (Å²) < 4.78 is 25.3. The van der Waals surface area contributed by atoms with Crippen LogP contribution in [-0.4, -0.2) is 55.7 Å². The Bertz CT molecular complexity index is 774. The molecular weight excluding hydrogens is 436 g/mol. The van der Waals surface area contributed by atoms with Gasteiger partial charge in [0.1, 0.15) is 11.7 Å². The van der Waals surface area contributed by atoms with Gasteiger partial charge in [0.05, 0.1) is 13.2 Å². The van der Waals surface area contributed by atoms with E-state index in [9.17, 15) is 9.90 Å². The van der Waals surface area contributed by atoms with Crippen molar-refractivity contribution in [2.45, 2.75) is 116 Å². The monoisotopic (exact) mass is 482 g/mol. The van der Waals surface area contributed by atoms with E-state index in [0.29, 0.717) is 19.6 Å². The second-order valence-corrected chi connectivity index (χ2v) is 17.8. The van der Waals surface area contributed by atoms with E-state index in [1.54, 1.807) is 13.8 Å². The Hall–Kier alpha value is -0.573. The number of carbonyl (C=O) groups is 1. The molecule has 190 valence electrons. The van der Waals surface area contributed by atoms with Crippen LogP contribution in [-0.2, 0) is 23.4 Å². The van der Waals surface area contributed by atoms with Crippen molar-refractivity contribution in [1.29, 1.82) is 0 Å². The summed E-state index contributed by atoms with van der Waals surface area (Å²) >= 11 is 0. The van der Waals surface area contributed by atoms with Crippen LogP contribution in [0.15, 0.2) is 12.2 Å². The number of ether oxygens (including phenoxy) is 3. The second-order valence-electron chi connectivity index (χ2n) is 13.1. The van der Waals surface area contributed by atoms with Gasteiger partial charge in [-0.05, 0) is 68.3 Å². The maximum Gasteiger partial charge on any atom is 0.212 e. The van der Waals surface area contributed by atoms with Crippen molar-refractivity contribution in [2.75, 3.05) is 13.2 Å². The maximum atomic E-state index is 12.4. The first-order chi connectivity index (χ1) is 14.9. The van der Waals surface area contributed by atoms with Crippen LogP contribution in [0, 0.1) is 17.3 Å². The van der Waals surface area contributed by atoms with Crippen LogP contribution in [0.3, 0.4) is 0 Å². The van der Waals surface area contributed by atoms with E-state index in [4.69, 9.17) is 18.6 Å². The highest BCUT2D eigenvalue weighted by Gasteiger charge is 2.57. The minimum absolute atomic E-state index is 0.00902. The SMILES string of the molecule is C[C@H]1[C@H](CC(O[Si](C)(C)C(C)(C)C)C2(O)C=CC(=O)C(C)(C)O2)C(C)(C)CCC12OCCO2. The van der Waals surface area contributed by atoms with Crippen LogP contribution in [0.25, 0.3) is 0 Å². The molecule has 7 heteroatoms. The molecule has 3 aliphatic rings. The van der Waals surface area contributed by atoms with Gasteiger partial charge in [0.2, 0.25) is 5.79 Å². The standard InChI is InChI=1S/C26H46O6Si/c1-18-19(23(5,6)13-14-26(18)29-15-16-30-26)17-21(31-33(9,10)22(2,3)4)25(28)12-11-20(27)24(7,8)32-25/h11-12,18-19,21,28H,13-17H2,1-10H3/t18-,19-,21?,25?/m0/s1. The molecule has 0 bridgehead atoms. The highest BCUT2D eigenvalue weighted by Crippen LogP contribution is 2.54. The van der Waals surface area contributed by atoms with Crippen LogP contribution in [0.5, 0.6) is 0 Å². The smallest absolute Gasteiger partial charge is 0.212 e. The van der Waals surface area contributed by atoms with Gasteiger partial charge in [0.15, 0.2) is 19.9 Å². The van der Waals surface area contributed by atoms with Crippen LogP contribution >= 0.6 is 0 Å². The van der Waals surface area contributed by atoms with Gasteiger partial charge < -0.3 is 23.7 Å². The lowest BCUT2D eigenvalue weighted by molar-refractivity contribution is -0.277. The molecule has 2 aliphatic heterocycles. The van der Waals surface area contributed by atoms with E-state index in [1.165, 1.54) is 12.2 Å². The molecule has 4 atom stereocenters. The lowest BCUT2D eigenvalue weighted by atomic mass is 9.59. The average molecular weight is 483 g/mol. The number of ketones is 1. The van der Waals surface area contributed by atoms with Gasteiger partial charge in [-0.15, -0.1) is 0 Å². The Morgan fingerprint density at radius 2 is 1.73 bits per heavy atom. The molecule has 0 aromatic carbocycles. The Balaban J connectivity index is 2.00. The summed E-state index contributed by atoms with van der Waals surface area (Å²) in [4.78, 5) is 12.4. The van der Waals surface area contributed by atoms with Crippen LogP contribution < -0.4 is 0 Å². The Morgan fingerprint density at radius 1 is 1.15 bits per heavy atom. The Kier molecular flexibility index (Phi) is 6.98. The summed E-state index contributed by atoms with van der Waals surface area (Å²) in [5.41, 5.74) is -1.11. The fourth-order valence-electron chi connectivity index (χ4n) is 5.42. The van der Waals surface area contributed by atoms with E-state index >= 15 is 0 Å². The summed E-state index contributed by atoms with van der Waals surface area (Å²) in [5.74, 6) is -2.12. The van der Waals surface area contributed by atoms with Crippen LogP contribution in [0.2, 0.25) is 18.1 Å². The number of hydrogen-bond donors (Lipinski definition) is 1. The van der Waals surface area contributed by atoms with Gasteiger partial charge in [-0.3, -0.25) is 4.79 Å². The Labute approximate surface area is 201 Å². The van der Waals surface area contributed by atoms with Gasteiger partial charge in [-0.25, -0.2) is 0 Å². The van der Waals surface area contributed by atoms with Crippen LogP contribution in [0.1, 0.15) is 74.7 Å². The van der Waals surface area contributed by atoms with Crippen molar-refractivity contribution in [2.24, 2.45) is 17.3 Å². The van der Waals surface area contributed by atoms with Crippen molar-refractivity contribution in [3.05, 3.63) is 12.2 Å². The number of aliphatic hydroxyl groups is 1. The minimum atomic E-state index is -2.28. The topological polar surface area (TPSA) is 74.2 Å².